The summed E-state index contributed by atoms with van der Waals surface area (Å²) in [7, 11) is 1.96. The highest BCUT2D eigenvalue weighted by atomic mass is 16.2. The van der Waals surface area contributed by atoms with Crippen molar-refractivity contribution in [3.8, 4) is 11.3 Å². The molecule has 1 aliphatic rings. The Bertz CT molecular complexity index is 869. The van der Waals surface area contributed by atoms with Crippen molar-refractivity contribution >= 4 is 5.91 Å². The highest BCUT2D eigenvalue weighted by molar-refractivity contribution is 5.94. The number of aromatic nitrogens is 4. The van der Waals surface area contributed by atoms with E-state index in [2.05, 4.69) is 22.4 Å². The molecule has 3 aromatic rings. The Morgan fingerprint density at radius 1 is 1.15 bits per heavy atom. The van der Waals surface area contributed by atoms with E-state index in [1.165, 1.54) is 0 Å². The average Bonchev–Trinajstić information content (AvgIpc) is 3.32. The highest BCUT2D eigenvalue weighted by Gasteiger charge is 2.29. The summed E-state index contributed by atoms with van der Waals surface area (Å²) in [6.07, 6.45) is 6.73. The fraction of sp³-hybridized carbons (Fsp3) is 0.350. The molecule has 0 unspecified atom stereocenters. The van der Waals surface area contributed by atoms with E-state index in [-0.39, 0.29) is 11.9 Å². The zero-order valence-electron chi connectivity index (χ0n) is 15.0. The molecule has 134 valence electrons. The van der Waals surface area contributed by atoms with E-state index < -0.39 is 0 Å². The average molecular weight is 349 g/mol. The first kappa shape index (κ1) is 16.6. The first-order valence-corrected chi connectivity index (χ1v) is 9.10. The van der Waals surface area contributed by atoms with E-state index >= 15 is 0 Å². The van der Waals surface area contributed by atoms with Crippen molar-refractivity contribution in [1.29, 1.82) is 0 Å². The van der Waals surface area contributed by atoms with Gasteiger partial charge in [0.15, 0.2) is 0 Å². The molecule has 0 saturated carbocycles. The maximum Gasteiger partial charge on any atom is 0.270 e. The number of piperidine rings is 1. The van der Waals surface area contributed by atoms with Crippen molar-refractivity contribution < 1.29 is 4.79 Å². The normalized spacial score (nSPS) is 17.4. The van der Waals surface area contributed by atoms with Crippen LogP contribution in [0.5, 0.6) is 0 Å². The SMILES string of the molecule is Cn1c(C(=O)N2CCCC[C@@H]2Cn2ccnn2)ccc1-c1ccccc1. The Morgan fingerprint density at radius 2 is 2.00 bits per heavy atom. The summed E-state index contributed by atoms with van der Waals surface area (Å²) in [4.78, 5) is 15.3. The van der Waals surface area contributed by atoms with E-state index in [0.717, 1.165) is 42.8 Å². The van der Waals surface area contributed by atoms with Crippen LogP contribution in [0.2, 0.25) is 0 Å². The zero-order valence-corrected chi connectivity index (χ0v) is 15.0. The molecule has 1 aromatic carbocycles. The van der Waals surface area contributed by atoms with Gasteiger partial charge in [0.25, 0.3) is 5.91 Å². The molecule has 1 atom stereocenters. The number of hydrogen-bond donors (Lipinski definition) is 0. The maximum atomic E-state index is 13.3. The smallest absolute Gasteiger partial charge is 0.270 e. The first-order chi connectivity index (χ1) is 12.7. The number of likely N-dealkylation sites (tertiary alicyclic amines) is 1. The lowest BCUT2D eigenvalue weighted by Crippen LogP contribution is -2.46. The Morgan fingerprint density at radius 3 is 2.77 bits per heavy atom. The summed E-state index contributed by atoms with van der Waals surface area (Å²) in [5.74, 6) is 0.0968. The van der Waals surface area contributed by atoms with Crippen molar-refractivity contribution in [2.45, 2.75) is 31.8 Å². The number of nitrogens with zero attached hydrogens (tertiary/aromatic N) is 5. The number of benzene rings is 1. The second-order valence-corrected chi connectivity index (χ2v) is 6.80. The van der Waals surface area contributed by atoms with Gasteiger partial charge >= 0.3 is 0 Å². The summed E-state index contributed by atoms with van der Waals surface area (Å²) in [6.45, 7) is 1.49. The van der Waals surface area contributed by atoms with Gasteiger partial charge in [0.05, 0.1) is 18.8 Å². The molecule has 1 amide bonds. The minimum atomic E-state index is 0.0968. The van der Waals surface area contributed by atoms with E-state index in [4.69, 9.17) is 0 Å². The Hall–Kier alpha value is -2.89. The second kappa shape index (κ2) is 7.15. The summed E-state index contributed by atoms with van der Waals surface area (Å²) in [5.41, 5.74) is 2.90. The van der Waals surface area contributed by atoms with Crippen LogP contribution in [-0.4, -0.2) is 43.0 Å². The lowest BCUT2D eigenvalue weighted by molar-refractivity contribution is 0.0573. The molecule has 0 bridgehead atoms. The maximum absolute atomic E-state index is 13.3. The highest BCUT2D eigenvalue weighted by Crippen LogP contribution is 2.25. The fourth-order valence-electron chi connectivity index (χ4n) is 3.78. The second-order valence-electron chi connectivity index (χ2n) is 6.80. The van der Waals surface area contributed by atoms with Gasteiger partial charge < -0.3 is 9.47 Å². The topological polar surface area (TPSA) is 56.0 Å². The molecule has 0 spiro atoms. The minimum absolute atomic E-state index is 0.0968. The summed E-state index contributed by atoms with van der Waals surface area (Å²) in [5, 5.41) is 7.93. The quantitative estimate of drug-likeness (QED) is 0.728. The minimum Gasteiger partial charge on any atom is -0.340 e. The van der Waals surface area contributed by atoms with Gasteiger partial charge in [0.2, 0.25) is 0 Å². The van der Waals surface area contributed by atoms with Crippen LogP contribution in [-0.2, 0) is 13.6 Å². The van der Waals surface area contributed by atoms with E-state index in [1.54, 1.807) is 6.20 Å². The molecule has 1 fully saturated rings. The Labute approximate surface area is 153 Å². The van der Waals surface area contributed by atoms with E-state index in [0.29, 0.717) is 6.54 Å². The number of hydrogen-bond acceptors (Lipinski definition) is 3. The van der Waals surface area contributed by atoms with Crippen LogP contribution in [0, 0.1) is 0 Å². The fourth-order valence-corrected chi connectivity index (χ4v) is 3.78. The number of carbonyl (C=O) groups is 1. The molecule has 6 nitrogen and oxygen atoms in total. The third-order valence-electron chi connectivity index (χ3n) is 5.17. The van der Waals surface area contributed by atoms with Gasteiger partial charge in [-0.15, -0.1) is 5.10 Å². The van der Waals surface area contributed by atoms with Crippen LogP contribution in [0.1, 0.15) is 29.8 Å². The predicted octanol–water partition coefficient (Wildman–Crippen LogP) is 2.98. The summed E-state index contributed by atoms with van der Waals surface area (Å²) < 4.78 is 3.81. The third-order valence-corrected chi connectivity index (χ3v) is 5.17. The number of amides is 1. The third kappa shape index (κ3) is 3.14. The van der Waals surface area contributed by atoms with Gasteiger partial charge in [-0.1, -0.05) is 35.5 Å². The molecule has 2 aromatic heterocycles. The largest absolute Gasteiger partial charge is 0.340 e. The number of carbonyl (C=O) groups excluding carboxylic acids is 1. The van der Waals surface area contributed by atoms with Gasteiger partial charge in [0, 0.05) is 25.5 Å². The van der Waals surface area contributed by atoms with Crippen LogP contribution in [0.25, 0.3) is 11.3 Å². The lowest BCUT2D eigenvalue weighted by Gasteiger charge is -2.35. The monoisotopic (exact) mass is 349 g/mol. The molecule has 4 rings (SSSR count). The van der Waals surface area contributed by atoms with Crippen LogP contribution >= 0.6 is 0 Å². The van der Waals surface area contributed by atoms with Gasteiger partial charge in [-0.3, -0.25) is 9.48 Å². The van der Waals surface area contributed by atoms with Crippen LogP contribution in [0.3, 0.4) is 0 Å². The standard InChI is InChI=1S/C20H23N5O/c1-23-18(16-7-3-2-4-8-16)10-11-19(23)20(26)25-13-6-5-9-17(25)15-24-14-12-21-22-24/h2-4,7-8,10-12,14,17H,5-6,9,13,15H2,1H3/t17-/m1/s1. The number of rotatable bonds is 4. The van der Waals surface area contributed by atoms with Crippen molar-refractivity contribution in [3.05, 3.63) is 60.6 Å². The van der Waals surface area contributed by atoms with Crippen molar-refractivity contribution in [2.75, 3.05) is 6.54 Å². The Kier molecular flexibility index (Phi) is 4.56. The molecule has 26 heavy (non-hydrogen) atoms. The first-order valence-electron chi connectivity index (χ1n) is 9.10. The lowest BCUT2D eigenvalue weighted by atomic mass is 10.0. The molecular formula is C20H23N5O. The van der Waals surface area contributed by atoms with Crippen LogP contribution in [0.4, 0.5) is 0 Å². The Balaban J connectivity index is 1.59. The van der Waals surface area contributed by atoms with Gasteiger partial charge in [-0.25, -0.2) is 0 Å². The molecule has 3 heterocycles. The van der Waals surface area contributed by atoms with Crippen molar-refractivity contribution in [2.24, 2.45) is 7.05 Å². The summed E-state index contributed by atoms with van der Waals surface area (Å²) >= 11 is 0. The predicted molar refractivity (Wildman–Crippen MR) is 99.5 cm³/mol. The van der Waals surface area contributed by atoms with Crippen molar-refractivity contribution in [1.82, 2.24) is 24.5 Å². The van der Waals surface area contributed by atoms with Crippen molar-refractivity contribution in [3.63, 3.8) is 0 Å². The summed E-state index contributed by atoms with van der Waals surface area (Å²) in [6, 6.07) is 14.3. The molecule has 0 radical (unpaired) electrons. The molecule has 0 aliphatic carbocycles. The van der Waals surface area contributed by atoms with Crippen LogP contribution in [0.15, 0.2) is 54.9 Å². The molecule has 1 saturated heterocycles. The van der Waals surface area contributed by atoms with E-state index in [9.17, 15) is 4.79 Å². The zero-order chi connectivity index (χ0) is 17.9. The van der Waals surface area contributed by atoms with Crippen LogP contribution < -0.4 is 0 Å². The van der Waals surface area contributed by atoms with Gasteiger partial charge in [-0.05, 0) is 37.0 Å². The van der Waals surface area contributed by atoms with Gasteiger partial charge in [-0.2, -0.15) is 0 Å². The molecular weight excluding hydrogens is 326 g/mol. The molecule has 6 heteroatoms. The molecule has 1 aliphatic heterocycles. The molecule has 0 N–H and O–H groups in total. The van der Waals surface area contributed by atoms with E-state index in [1.807, 2.05) is 57.7 Å². The van der Waals surface area contributed by atoms with Gasteiger partial charge in [0.1, 0.15) is 5.69 Å².